The van der Waals surface area contributed by atoms with Gasteiger partial charge >= 0.3 is 0 Å². The predicted molar refractivity (Wildman–Crippen MR) is 146 cm³/mol. The van der Waals surface area contributed by atoms with Gasteiger partial charge in [-0.1, -0.05) is 19.1 Å². The van der Waals surface area contributed by atoms with E-state index in [4.69, 9.17) is 10.7 Å². The van der Waals surface area contributed by atoms with Crippen LogP contribution in [0.25, 0.3) is 16.8 Å². The summed E-state index contributed by atoms with van der Waals surface area (Å²) in [5.74, 6) is 2.48. The standard InChI is InChI=1S/C29H31N7O2/c1-2-24(37)35-14-3-4-22(17-35)28-34-25(26-27(30)32-13-15-36(26)28)19-7-9-20(10-8-19)29(38)33-23-16-21(11-12-31-23)18-5-6-18/h7-13,15-16,18,22H,2-6,14,17H2,1H3,(H2,30,32)(H,31,33,38). The zero-order chi connectivity index (χ0) is 26.2. The lowest BCUT2D eigenvalue weighted by Crippen LogP contribution is -2.39. The predicted octanol–water partition coefficient (Wildman–Crippen LogP) is 4.62. The summed E-state index contributed by atoms with van der Waals surface area (Å²) < 4.78 is 2.00. The SMILES string of the molecule is CCC(=O)N1CCCC(c2nc(-c3ccc(C(=O)Nc4cc(C5CC5)ccn4)cc3)c3c(N)nccn23)C1. The van der Waals surface area contributed by atoms with Gasteiger partial charge in [-0.15, -0.1) is 0 Å². The van der Waals surface area contributed by atoms with Gasteiger partial charge < -0.3 is 16.0 Å². The average Bonchev–Trinajstić information content (AvgIpc) is 3.73. The molecule has 1 aliphatic heterocycles. The molecule has 194 valence electrons. The van der Waals surface area contributed by atoms with Crippen LogP contribution in [0.4, 0.5) is 11.6 Å². The molecule has 1 saturated heterocycles. The number of hydrogen-bond acceptors (Lipinski definition) is 6. The molecule has 1 unspecified atom stereocenters. The summed E-state index contributed by atoms with van der Waals surface area (Å²) in [7, 11) is 0. The van der Waals surface area contributed by atoms with E-state index in [9.17, 15) is 9.59 Å². The first-order chi connectivity index (χ1) is 18.5. The van der Waals surface area contributed by atoms with E-state index in [1.54, 1.807) is 24.5 Å². The van der Waals surface area contributed by atoms with Crippen molar-refractivity contribution in [3.63, 3.8) is 0 Å². The molecule has 3 aromatic heterocycles. The first-order valence-electron chi connectivity index (χ1n) is 13.3. The molecule has 1 aliphatic carbocycles. The number of carbonyl (C=O) groups is 2. The second-order valence-electron chi connectivity index (χ2n) is 10.2. The number of likely N-dealkylation sites (tertiary alicyclic amines) is 1. The van der Waals surface area contributed by atoms with E-state index in [0.29, 0.717) is 36.1 Å². The minimum Gasteiger partial charge on any atom is -0.382 e. The number of amides is 2. The van der Waals surface area contributed by atoms with Crippen LogP contribution in [0.5, 0.6) is 0 Å². The molecule has 4 heterocycles. The van der Waals surface area contributed by atoms with Gasteiger partial charge in [-0.05, 0) is 61.4 Å². The van der Waals surface area contributed by atoms with E-state index in [2.05, 4.69) is 15.3 Å². The van der Waals surface area contributed by atoms with Crippen LogP contribution in [-0.4, -0.2) is 49.2 Å². The van der Waals surface area contributed by atoms with Crippen LogP contribution in [0.1, 0.15) is 72.6 Å². The summed E-state index contributed by atoms with van der Waals surface area (Å²) in [5, 5.41) is 2.91. The summed E-state index contributed by atoms with van der Waals surface area (Å²) in [4.78, 5) is 40.9. The van der Waals surface area contributed by atoms with Gasteiger partial charge in [0.2, 0.25) is 5.91 Å². The molecule has 2 amide bonds. The molecule has 38 heavy (non-hydrogen) atoms. The van der Waals surface area contributed by atoms with Crippen molar-refractivity contribution < 1.29 is 9.59 Å². The maximum Gasteiger partial charge on any atom is 0.256 e. The average molecular weight is 510 g/mol. The number of nitrogens with two attached hydrogens (primary N) is 1. The van der Waals surface area contributed by atoms with Crippen molar-refractivity contribution >= 4 is 29.0 Å². The molecule has 3 N–H and O–H groups in total. The number of carbonyl (C=O) groups excluding carboxylic acids is 2. The largest absolute Gasteiger partial charge is 0.382 e. The summed E-state index contributed by atoms with van der Waals surface area (Å²) in [6, 6.07) is 11.3. The third-order valence-corrected chi connectivity index (χ3v) is 7.55. The number of fused-ring (bicyclic) bond motifs is 1. The number of anilines is 2. The normalized spacial score (nSPS) is 17.5. The second-order valence-corrected chi connectivity index (χ2v) is 10.2. The third-order valence-electron chi connectivity index (χ3n) is 7.55. The molecule has 1 atom stereocenters. The Labute approximate surface area is 221 Å². The molecular weight excluding hydrogens is 478 g/mol. The van der Waals surface area contributed by atoms with Gasteiger partial charge in [0.05, 0.1) is 0 Å². The van der Waals surface area contributed by atoms with Gasteiger partial charge in [0.1, 0.15) is 28.7 Å². The monoisotopic (exact) mass is 509 g/mol. The van der Waals surface area contributed by atoms with Gasteiger partial charge in [-0.2, -0.15) is 0 Å². The Kier molecular flexibility index (Phi) is 6.27. The molecule has 9 heteroatoms. The highest BCUT2D eigenvalue weighted by Gasteiger charge is 2.29. The maximum atomic E-state index is 12.9. The molecule has 0 radical (unpaired) electrons. The molecule has 6 rings (SSSR count). The van der Waals surface area contributed by atoms with Gasteiger partial charge in [0.15, 0.2) is 0 Å². The van der Waals surface area contributed by atoms with Crippen LogP contribution in [0.2, 0.25) is 0 Å². The van der Waals surface area contributed by atoms with Crippen LogP contribution in [-0.2, 0) is 4.79 Å². The number of rotatable bonds is 6. The highest BCUT2D eigenvalue weighted by atomic mass is 16.2. The Balaban J connectivity index is 1.28. The molecule has 0 bridgehead atoms. The minimum atomic E-state index is -0.212. The van der Waals surface area contributed by atoms with Crippen LogP contribution in [0.3, 0.4) is 0 Å². The third kappa shape index (κ3) is 4.60. The van der Waals surface area contributed by atoms with E-state index in [1.807, 2.05) is 46.7 Å². The van der Waals surface area contributed by atoms with Crippen molar-refractivity contribution in [1.82, 2.24) is 24.3 Å². The first-order valence-corrected chi connectivity index (χ1v) is 13.3. The smallest absolute Gasteiger partial charge is 0.256 e. The number of pyridine rings is 1. The van der Waals surface area contributed by atoms with Crippen molar-refractivity contribution in [2.75, 3.05) is 24.1 Å². The molecule has 2 aliphatic rings. The van der Waals surface area contributed by atoms with Gasteiger partial charge in [0, 0.05) is 55.1 Å². The number of benzene rings is 1. The first kappa shape index (κ1) is 24.1. The van der Waals surface area contributed by atoms with Crippen LogP contribution >= 0.6 is 0 Å². The fraction of sp³-hybridized carbons (Fsp3) is 0.345. The minimum absolute atomic E-state index is 0.103. The van der Waals surface area contributed by atoms with Crippen molar-refractivity contribution in [2.45, 2.75) is 50.9 Å². The highest BCUT2D eigenvalue weighted by Crippen LogP contribution is 2.40. The molecule has 1 aromatic carbocycles. The van der Waals surface area contributed by atoms with Crippen molar-refractivity contribution in [1.29, 1.82) is 0 Å². The van der Waals surface area contributed by atoms with Crippen LogP contribution in [0, 0.1) is 0 Å². The van der Waals surface area contributed by atoms with Crippen LogP contribution < -0.4 is 11.1 Å². The Bertz CT molecular complexity index is 1510. The molecule has 9 nitrogen and oxygen atoms in total. The van der Waals surface area contributed by atoms with Gasteiger partial charge in [-0.3, -0.25) is 14.0 Å². The lowest BCUT2D eigenvalue weighted by atomic mass is 9.97. The molecule has 4 aromatic rings. The highest BCUT2D eigenvalue weighted by molar-refractivity contribution is 6.04. The van der Waals surface area contributed by atoms with E-state index in [-0.39, 0.29) is 17.7 Å². The zero-order valence-corrected chi connectivity index (χ0v) is 21.4. The van der Waals surface area contributed by atoms with E-state index in [0.717, 1.165) is 42.0 Å². The summed E-state index contributed by atoms with van der Waals surface area (Å²) in [6.45, 7) is 3.32. The van der Waals surface area contributed by atoms with E-state index >= 15 is 0 Å². The second kappa shape index (κ2) is 9.89. The Morgan fingerprint density at radius 1 is 1.05 bits per heavy atom. The number of nitrogens with zero attached hydrogens (tertiary/aromatic N) is 5. The quantitative estimate of drug-likeness (QED) is 0.392. The molecule has 0 spiro atoms. The lowest BCUT2D eigenvalue weighted by Gasteiger charge is -2.32. The zero-order valence-electron chi connectivity index (χ0n) is 21.4. The Morgan fingerprint density at radius 3 is 2.63 bits per heavy atom. The Hall–Kier alpha value is -4.27. The summed E-state index contributed by atoms with van der Waals surface area (Å²) in [6.07, 6.45) is 10.1. The molecule has 2 fully saturated rings. The van der Waals surface area contributed by atoms with Gasteiger partial charge in [-0.25, -0.2) is 15.0 Å². The van der Waals surface area contributed by atoms with E-state index in [1.165, 1.54) is 18.4 Å². The maximum absolute atomic E-state index is 12.9. The number of nitrogen functional groups attached to an aromatic ring is 1. The molecule has 1 saturated carbocycles. The fourth-order valence-electron chi connectivity index (χ4n) is 5.37. The number of piperidine rings is 1. The number of nitrogens with one attached hydrogen (secondary N) is 1. The topological polar surface area (TPSA) is 119 Å². The number of aromatic nitrogens is 4. The summed E-state index contributed by atoms with van der Waals surface area (Å²) in [5.41, 5.74) is 10.4. The van der Waals surface area contributed by atoms with Crippen molar-refractivity contribution in [3.05, 3.63) is 71.9 Å². The fourth-order valence-corrected chi connectivity index (χ4v) is 5.37. The summed E-state index contributed by atoms with van der Waals surface area (Å²) >= 11 is 0. The Morgan fingerprint density at radius 2 is 1.87 bits per heavy atom. The van der Waals surface area contributed by atoms with Crippen molar-refractivity contribution in [2.24, 2.45) is 0 Å². The van der Waals surface area contributed by atoms with Gasteiger partial charge in [0.25, 0.3) is 5.91 Å². The van der Waals surface area contributed by atoms with Crippen molar-refractivity contribution in [3.8, 4) is 11.3 Å². The van der Waals surface area contributed by atoms with E-state index < -0.39 is 0 Å². The lowest BCUT2D eigenvalue weighted by molar-refractivity contribution is -0.132. The number of imidazole rings is 1. The molecular formula is C29H31N7O2. The number of hydrogen-bond donors (Lipinski definition) is 2. The van der Waals surface area contributed by atoms with Crippen LogP contribution in [0.15, 0.2) is 55.0 Å².